The SMILES string of the molecule is CCCCCCCCCCCCCCCCCC(=O)NCCC[N+](C)(C)CC(O)CCl. The maximum absolute atomic E-state index is 12.0. The van der Waals surface area contributed by atoms with Crippen molar-refractivity contribution in [1.82, 2.24) is 5.32 Å². The van der Waals surface area contributed by atoms with E-state index in [1.165, 1.54) is 89.9 Å². The second-order valence-electron chi connectivity index (χ2n) is 10.1. The number of alkyl halides is 1. The van der Waals surface area contributed by atoms with Gasteiger partial charge in [-0.2, -0.15) is 0 Å². The fraction of sp³-hybridized carbons (Fsp3) is 0.962. The first kappa shape index (κ1) is 30.7. The number of unbranched alkanes of at least 4 members (excludes halogenated alkanes) is 14. The summed E-state index contributed by atoms with van der Waals surface area (Å²) in [6.07, 6.45) is 21.3. The standard InChI is InChI=1S/C26H53ClN2O2/c1-4-5-6-7-8-9-10-11-12-13-14-15-16-17-18-20-26(31)28-21-19-22-29(2,3)24-25(30)23-27/h25,30H,4-24H2,1-3H3/p+1. The highest BCUT2D eigenvalue weighted by atomic mass is 35.5. The first-order chi connectivity index (χ1) is 14.9. The second kappa shape index (κ2) is 21.5. The van der Waals surface area contributed by atoms with Crippen LogP contribution in [0.1, 0.15) is 116 Å². The molecule has 4 nitrogen and oxygen atoms in total. The molecule has 1 amide bonds. The molecule has 1 unspecified atom stereocenters. The molecule has 0 aliphatic heterocycles. The van der Waals surface area contributed by atoms with Gasteiger partial charge in [0, 0.05) is 19.4 Å². The minimum atomic E-state index is -0.462. The van der Waals surface area contributed by atoms with Crippen LogP contribution in [0.4, 0.5) is 0 Å². The predicted octanol–water partition coefficient (Wildman–Crippen LogP) is 6.43. The summed E-state index contributed by atoms with van der Waals surface area (Å²) in [4.78, 5) is 12.0. The van der Waals surface area contributed by atoms with Crippen molar-refractivity contribution in [1.29, 1.82) is 0 Å². The van der Waals surface area contributed by atoms with Gasteiger partial charge in [-0.3, -0.25) is 4.79 Å². The molecule has 0 aromatic carbocycles. The van der Waals surface area contributed by atoms with E-state index >= 15 is 0 Å². The summed E-state index contributed by atoms with van der Waals surface area (Å²) in [7, 11) is 4.18. The molecule has 0 heterocycles. The minimum absolute atomic E-state index is 0.181. The Labute approximate surface area is 199 Å². The van der Waals surface area contributed by atoms with Crippen molar-refractivity contribution >= 4 is 17.5 Å². The molecule has 31 heavy (non-hydrogen) atoms. The Balaban J connectivity index is 3.34. The minimum Gasteiger partial charge on any atom is -0.386 e. The molecule has 5 heteroatoms. The Hall–Kier alpha value is -0.320. The molecule has 0 aromatic rings. The molecule has 1 atom stereocenters. The molecule has 0 fully saturated rings. The lowest BCUT2D eigenvalue weighted by atomic mass is 10.0. The van der Waals surface area contributed by atoms with Crippen LogP contribution in [0.25, 0.3) is 0 Å². The maximum atomic E-state index is 12.0. The van der Waals surface area contributed by atoms with Gasteiger partial charge in [0.1, 0.15) is 12.6 Å². The van der Waals surface area contributed by atoms with Crippen molar-refractivity contribution in [3.05, 3.63) is 0 Å². The van der Waals surface area contributed by atoms with Crippen LogP contribution in [0.3, 0.4) is 0 Å². The Morgan fingerprint density at radius 1 is 0.806 bits per heavy atom. The fourth-order valence-corrected chi connectivity index (χ4v) is 4.29. The monoisotopic (exact) mass is 461 g/mol. The van der Waals surface area contributed by atoms with Gasteiger partial charge in [-0.05, 0) is 6.42 Å². The summed E-state index contributed by atoms with van der Waals surface area (Å²) in [6.45, 7) is 4.57. The second-order valence-corrected chi connectivity index (χ2v) is 10.4. The molecule has 0 saturated carbocycles. The van der Waals surface area contributed by atoms with Crippen molar-refractivity contribution < 1.29 is 14.4 Å². The molecule has 0 bridgehead atoms. The number of aliphatic hydroxyl groups is 1. The number of halogens is 1. The van der Waals surface area contributed by atoms with Gasteiger partial charge in [-0.1, -0.05) is 96.8 Å². The van der Waals surface area contributed by atoms with E-state index in [1.54, 1.807) is 0 Å². The van der Waals surface area contributed by atoms with Crippen LogP contribution >= 0.6 is 11.6 Å². The molecule has 0 spiro atoms. The molecule has 2 N–H and O–H groups in total. The van der Waals surface area contributed by atoms with E-state index in [1.807, 2.05) is 0 Å². The highest BCUT2D eigenvalue weighted by Crippen LogP contribution is 2.13. The van der Waals surface area contributed by atoms with Crippen LogP contribution in [-0.4, -0.2) is 61.2 Å². The predicted molar refractivity (Wildman–Crippen MR) is 136 cm³/mol. The van der Waals surface area contributed by atoms with Gasteiger partial charge in [0.05, 0.1) is 26.5 Å². The van der Waals surface area contributed by atoms with Crippen LogP contribution in [0.2, 0.25) is 0 Å². The maximum Gasteiger partial charge on any atom is 0.219 e. The normalized spacial score (nSPS) is 12.8. The van der Waals surface area contributed by atoms with Crippen molar-refractivity contribution in [3.8, 4) is 0 Å². The first-order valence-corrected chi connectivity index (χ1v) is 13.8. The Bertz CT molecular complexity index is 405. The third-order valence-electron chi connectivity index (χ3n) is 6.15. The van der Waals surface area contributed by atoms with Crippen LogP contribution in [0, 0.1) is 0 Å². The van der Waals surface area contributed by atoms with E-state index in [0.29, 0.717) is 13.0 Å². The number of carbonyl (C=O) groups excluding carboxylic acids is 1. The number of hydrogen-bond donors (Lipinski definition) is 2. The fourth-order valence-electron chi connectivity index (χ4n) is 4.19. The third-order valence-corrected chi connectivity index (χ3v) is 6.51. The third kappa shape index (κ3) is 22.7. The number of likely N-dealkylation sites (N-methyl/N-ethyl adjacent to an activating group) is 1. The van der Waals surface area contributed by atoms with Gasteiger partial charge in [0.15, 0.2) is 0 Å². The largest absolute Gasteiger partial charge is 0.386 e. The average molecular weight is 462 g/mol. The van der Waals surface area contributed by atoms with Crippen LogP contribution in [0.15, 0.2) is 0 Å². The van der Waals surface area contributed by atoms with E-state index in [9.17, 15) is 9.90 Å². The lowest BCUT2D eigenvalue weighted by molar-refractivity contribution is -0.893. The van der Waals surface area contributed by atoms with E-state index in [4.69, 9.17) is 11.6 Å². The Kier molecular flexibility index (Phi) is 21.3. The number of quaternary nitrogens is 1. The number of rotatable bonds is 23. The lowest BCUT2D eigenvalue weighted by Gasteiger charge is -2.31. The quantitative estimate of drug-likeness (QED) is 0.105. The topological polar surface area (TPSA) is 49.3 Å². The first-order valence-electron chi connectivity index (χ1n) is 13.2. The summed E-state index contributed by atoms with van der Waals surface area (Å²) in [5.74, 6) is 0.457. The highest BCUT2D eigenvalue weighted by Gasteiger charge is 2.19. The van der Waals surface area contributed by atoms with Crippen molar-refractivity contribution in [2.45, 2.75) is 122 Å². The van der Waals surface area contributed by atoms with E-state index in [2.05, 4.69) is 26.3 Å². The molecule has 0 aliphatic rings. The smallest absolute Gasteiger partial charge is 0.219 e. The number of aliphatic hydroxyl groups excluding tert-OH is 1. The van der Waals surface area contributed by atoms with Crippen LogP contribution < -0.4 is 5.32 Å². The number of amides is 1. The molecule has 0 radical (unpaired) electrons. The highest BCUT2D eigenvalue weighted by molar-refractivity contribution is 6.18. The van der Waals surface area contributed by atoms with E-state index < -0.39 is 6.10 Å². The van der Waals surface area contributed by atoms with Crippen LogP contribution in [0.5, 0.6) is 0 Å². The number of hydrogen-bond acceptors (Lipinski definition) is 2. The number of nitrogens with zero attached hydrogens (tertiary/aromatic N) is 1. The Morgan fingerprint density at radius 2 is 1.26 bits per heavy atom. The van der Waals surface area contributed by atoms with Gasteiger partial charge in [0.2, 0.25) is 5.91 Å². The number of carbonyl (C=O) groups is 1. The van der Waals surface area contributed by atoms with Crippen LogP contribution in [-0.2, 0) is 4.79 Å². The zero-order chi connectivity index (χ0) is 23.2. The lowest BCUT2D eigenvalue weighted by Crippen LogP contribution is -2.47. The van der Waals surface area contributed by atoms with E-state index in [0.717, 1.165) is 30.4 Å². The summed E-state index contributed by atoms with van der Waals surface area (Å²) in [5.41, 5.74) is 0. The van der Waals surface area contributed by atoms with Crippen molar-refractivity contribution in [2.75, 3.05) is 39.6 Å². The molecule has 0 rings (SSSR count). The van der Waals surface area contributed by atoms with Crippen molar-refractivity contribution in [2.24, 2.45) is 0 Å². The van der Waals surface area contributed by atoms with Gasteiger partial charge in [-0.15, -0.1) is 11.6 Å². The molecule has 186 valence electrons. The summed E-state index contributed by atoms with van der Waals surface area (Å²) in [6, 6.07) is 0. The zero-order valence-corrected chi connectivity index (χ0v) is 21.9. The van der Waals surface area contributed by atoms with Gasteiger partial charge in [-0.25, -0.2) is 0 Å². The average Bonchev–Trinajstić information content (AvgIpc) is 2.73. The zero-order valence-electron chi connectivity index (χ0n) is 21.1. The molecule has 0 saturated heterocycles. The van der Waals surface area contributed by atoms with Crippen molar-refractivity contribution in [3.63, 3.8) is 0 Å². The molecule has 0 aliphatic carbocycles. The van der Waals surface area contributed by atoms with Gasteiger partial charge < -0.3 is 14.9 Å². The van der Waals surface area contributed by atoms with Gasteiger partial charge >= 0.3 is 0 Å². The molecular weight excluding hydrogens is 408 g/mol. The summed E-state index contributed by atoms with van der Waals surface area (Å²) < 4.78 is 0.725. The van der Waals surface area contributed by atoms with Gasteiger partial charge in [0.25, 0.3) is 0 Å². The molecular formula is C26H54ClN2O2+. The summed E-state index contributed by atoms with van der Waals surface area (Å²) >= 11 is 5.68. The summed E-state index contributed by atoms with van der Waals surface area (Å²) in [5, 5.41) is 12.7. The number of nitrogens with one attached hydrogen (secondary N) is 1. The van der Waals surface area contributed by atoms with E-state index in [-0.39, 0.29) is 11.8 Å². The molecule has 0 aromatic heterocycles. The Morgan fingerprint density at radius 3 is 1.71 bits per heavy atom.